The molecule has 0 amide bonds. The van der Waals surface area contributed by atoms with Crippen LogP contribution in [-0.4, -0.2) is 14.6 Å². The zero-order valence-corrected chi connectivity index (χ0v) is 15.4. The van der Waals surface area contributed by atoms with Gasteiger partial charge >= 0.3 is 0 Å². The Hall–Kier alpha value is -2.69. The lowest BCUT2D eigenvalue weighted by Crippen LogP contribution is -1.92. The van der Waals surface area contributed by atoms with E-state index < -0.39 is 0 Å². The monoisotopic (exact) mass is 380 g/mol. The van der Waals surface area contributed by atoms with E-state index in [1.54, 1.807) is 16.6 Å². The molecule has 0 saturated carbocycles. The quantitative estimate of drug-likeness (QED) is 0.366. The van der Waals surface area contributed by atoms with E-state index in [4.69, 9.17) is 5.26 Å². The molecule has 4 rings (SSSR count). The zero-order valence-electron chi connectivity index (χ0n) is 13.8. The molecule has 128 valence electrons. The van der Waals surface area contributed by atoms with Crippen molar-refractivity contribution in [2.24, 2.45) is 0 Å². The molecule has 2 aromatic heterocycles. The summed E-state index contributed by atoms with van der Waals surface area (Å²) in [4.78, 5) is 5.36. The van der Waals surface area contributed by atoms with Gasteiger partial charge in [-0.2, -0.15) is 14.9 Å². The van der Waals surface area contributed by atoms with E-state index >= 15 is 0 Å². The number of hydrogen-bond donors (Lipinski definition) is 0. The van der Waals surface area contributed by atoms with E-state index in [-0.39, 0.29) is 5.82 Å². The van der Waals surface area contributed by atoms with Crippen molar-refractivity contribution < 1.29 is 4.39 Å². The summed E-state index contributed by atoms with van der Waals surface area (Å²) in [6.45, 7) is 2.06. The summed E-state index contributed by atoms with van der Waals surface area (Å²) >= 11 is 2.51. The highest BCUT2D eigenvalue weighted by atomic mass is 32.2. The molecular formula is C19H13FN4S2. The molecule has 7 heteroatoms. The van der Waals surface area contributed by atoms with Gasteiger partial charge in [-0.05, 0) is 36.8 Å². The number of thioether (sulfide) groups is 1. The van der Waals surface area contributed by atoms with Crippen molar-refractivity contribution in [3.63, 3.8) is 0 Å². The van der Waals surface area contributed by atoms with Gasteiger partial charge in [0, 0.05) is 23.7 Å². The molecule has 0 unspecified atom stereocenters. The first kappa shape index (κ1) is 16.8. The lowest BCUT2D eigenvalue weighted by molar-refractivity contribution is 0.628. The van der Waals surface area contributed by atoms with E-state index in [2.05, 4.69) is 46.7 Å². The predicted octanol–water partition coefficient (Wildman–Crippen LogP) is 5.07. The first-order chi connectivity index (χ1) is 12.6. The Labute approximate surface area is 157 Å². The van der Waals surface area contributed by atoms with E-state index in [1.807, 2.05) is 0 Å². The van der Waals surface area contributed by atoms with Crippen molar-refractivity contribution in [3.05, 3.63) is 70.5 Å². The Morgan fingerprint density at radius 1 is 1.15 bits per heavy atom. The summed E-state index contributed by atoms with van der Waals surface area (Å²) < 4.78 is 14.9. The molecule has 4 aromatic rings. The van der Waals surface area contributed by atoms with Gasteiger partial charge in [0.15, 0.2) is 0 Å². The van der Waals surface area contributed by atoms with Gasteiger partial charge < -0.3 is 0 Å². The average molecular weight is 380 g/mol. The molecule has 2 aromatic carbocycles. The van der Waals surface area contributed by atoms with Crippen LogP contribution in [-0.2, 0) is 6.42 Å². The highest BCUT2D eigenvalue weighted by Crippen LogP contribution is 2.33. The summed E-state index contributed by atoms with van der Waals surface area (Å²) in [6, 6.07) is 14.4. The molecule has 4 nitrogen and oxygen atoms in total. The van der Waals surface area contributed by atoms with Crippen LogP contribution in [0.25, 0.3) is 16.2 Å². The number of hydrogen-bond acceptors (Lipinski definition) is 5. The molecule has 0 spiro atoms. The summed E-state index contributed by atoms with van der Waals surface area (Å²) in [5, 5.41) is 17.5. The van der Waals surface area contributed by atoms with Gasteiger partial charge in [0.25, 0.3) is 0 Å². The maximum atomic E-state index is 13.2. The fraction of sp³-hybridized carbons (Fsp3) is 0.105. The van der Waals surface area contributed by atoms with Crippen molar-refractivity contribution in [1.82, 2.24) is 14.6 Å². The second-order valence-corrected chi connectivity index (χ2v) is 7.63. The maximum absolute atomic E-state index is 13.2. The van der Waals surface area contributed by atoms with Crippen LogP contribution in [0.5, 0.6) is 0 Å². The van der Waals surface area contributed by atoms with Crippen molar-refractivity contribution in [2.45, 2.75) is 18.4 Å². The second-order valence-electron chi connectivity index (χ2n) is 5.82. The number of imidazole rings is 1. The van der Waals surface area contributed by atoms with E-state index in [9.17, 15) is 4.39 Å². The average Bonchev–Trinajstić information content (AvgIpc) is 3.17. The number of aryl methyl sites for hydroxylation is 1. The van der Waals surface area contributed by atoms with Crippen LogP contribution in [0.3, 0.4) is 0 Å². The number of fused-ring (bicyclic) bond motifs is 1. The van der Waals surface area contributed by atoms with Crippen molar-refractivity contribution in [1.29, 1.82) is 5.26 Å². The Bertz CT molecular complexity index is 1110. The standard InChI is InChI=1S/C19H13FN4S2/c1-12-2-4-13(5-3-12)10-16-23-24-18(25-11-21)17(22-19(24)26-16)14-6-8-15(20)9-7-14/h2-9H,10H2,1H3. The van der Waals surface area contributed by atoms with Gasteiger partial charge in [-0.1, -0.05) is 41.2 Å². The Kier molecular flexibility index (Phi) is 4.45. The Balaban J connectivity index is 1.73. The number of nitrogens with zero attached hydrogens (tertiary/aromatic N) is 4. The summed E-state index contributed by atoms with van der Waals surface area (Å²) in [5.41, 5.74) is 3.82. The van der Waals surface area contributed by atoms with Crippen molar-refractivity contribution >= 4 is 28.1 Å². The number of nitriles is 1. The Morgan fingerprint density at radius 2 is 1.88 bits per heavy atom. The molecule has 0 aliphatic heterocycles. The van der Waals surface area contributed by atoms with Crippen LogP contribution in [0.15, 0.2) is 53.6 Å². The maximum Gasteiger partial charge on any atom is 0.213 e. The molecule has 0 N–H and O–H groups in total. The number of halogens is 1. The van der Waals surface area contributed by atoms with Gasteiger partial charge in [-0.25, -0.2) is 9.37 Å². The third-order valence-corrected chi connectivity index (χ3v) is 5.50. The van der Waals surface area contributed by atoms with Crippen LogP contribution in [0.4, 0.5) is 4.39 Å². The lowest BCUT2D eigenvalue weighted by atomic mass is 10.1. The zero-order chi connectivity index (χ0) is 18.1. The highest BCUT2D eigenvalue weighted by molar-refractivity contribution is 8.03. The molecule has 0 aliphatic rings. The van der Waals surface area contributed by atoms with Gasteiger partial charge in [0.2, 0.25) is 4.96 Å². The van der Waals surface area contributed by atoms with E-state index in [0.717, 1.165) is 33.7 Å². The number of aromatic nitrogens is 3. The van der Waals surface area contributed by atoms with Gasteiger partial charge in [-0.15, -0.1) is 0 Å². The first-order valence-electron chi connectivity index (χ1n) is 7.90. The molecule has 0 fully saturated rings. The minimum absolute atomic E-state index is 0.303. The Morgan fingerprint density at radius 3 is 2.58 bits per heavy atom. The summed E-state index contributed by atoms with van der Waals surface area (Å²) in [7, 11) is 0. The topological polar surface area (TPSA) is 54.0 Å². The normalized spacial score (nSPS) is 11.0. The number of rotatable bonds is 4. The molecule has 0 bridgehead atoms. The van der Waals surface area contributed by atoms with E-state index in [1.165, 1.54) is 34.6 Å². The molecule has 26 heavy (non-hydrogen) atoms. The predicted molar refractivity (Wildman–Crippen MR) is 102 cm³/mol. The first-order valence-corrected chi connectivity index (χ1v) is 9.53. The fourth-order valence-corrected chi connectivity index (χ4v) is 4.20. The van der Waals surface area contributed by atoms with Gasteiger partial charge in [0.05, 0.1) is 0 Å². The molecular weight excluding hydrogens is 367 g/mol. The van der Waals surface area contributed by atoms with E-state index in [0.29, 0.717) is 10.7 Å². The third-order valence-electron chi connectivity index (χ3n) is 3.94. The lowest BCUT2D eigenvalue weighted by Gasteiger charge is -2.00. The largest absolute Gasteiger partial charge is 0.216 e. The highest BCUT2D eigenvalue weighted by Gasteiger charge is 2.19. The molecule has 0 atom stereocenters. The molecule has 0 saturated heterocycles. The minimum atomic E-state index is -0.303. The number of benzene rings is 2. The van der Waals surface area contributed by atoms with Crippen LogP contribution in [0, 0.1) is 23.4 Å². The summed E-state index contributed by atoms with van der Waals surface area (Å²) in [5.74, 6) is -0.303. The van der Waals surface area contributed by atoms with Gasteiger partial charge in [-0.3, -0.25) is 0 Å². The fourth-order valence-electron chi connectivity index (χ4n) is 2.65. The van der Waals surface area contributed by atoms with Gasteiger partial charge in [0.1, 0.15) is 26.9 Å². The molecule has 0 radical (unpaired) electrons. The minimum Gasteiger partial charge on any atom is -0.216 e. The molecule has 2 heterocycles. The van der Waals surface area contributed by atoms with Crippen LogP contribution in [0.2, 0.25) is 0 Å². The van der Waals surface area contributed by atoms with Crippen molar-refractivity contribution in [3.8, 4) is 16.7 Å². The smallest absolute Gasteiger partial charge is 0.213 e. The van der Waals surface area contributed by atoms with Crippen LogP contribution in [0.1, 0.15) is 16.1 Å². The van der Waals surface area contributed by atoms with Crippen molar-refractivity contribution in [2.75, 3.05) is 0 Å². The second kappa shape index (κ2) is 6.90. The number of thiocyanates is 1. The molecule has 0 aliphatic carbocycles. The van der Waals surface area contributed by atoms with Crippen LogP contribution < -0.4 is 0 Å². The van der Waals surface area contributed by atoms with Crippen LogP contribution >= 0.6 is 23.1 Å². The third kappa shape index (κ3) is 3.21. The SMILES string of the molecule is Cc1ccc(Cc2nn3c(SC#N)c(-c4ccc(F)cc4)nc3s2)cc1. The summed E-state index contributed by atoms with van der Waals surface area (Å²) in [6.07, 6.45) is 0.719.